The number of nitrogens with zero attached hydrogens (tertiary/aromatic N) is 6. The summed E-state index contributed by atoms with van der Waals surface area (Å²) in [4.78, 5) is 21.4. The van der Waals surface area contributed by atoms with Gasteiger partial charge in [-0.1, -0.05) is 6.07 Å². The van der Waals surface area contributed by atoms with Crippen molar-refractivity contribution >= 4 is 17.3 Å². The van der Waals surface area contributed by atoms with Crippen LogP contribution in [0, 0.1) is 0 Å². The van der Waals surface area contributed by atoms with Gasteiger partial charge in [-0.15, -0.1) is 11.3 Å². The van der Waals surface area contributed by atoms with Gasteiger partial charge in [-0.05, 0) is 31.5 Å². The van der Waals surface area contributed by atoms with Gasteiger partial charge in [0.05, 0.1) is 18.5 Å². The lowest BCUT2D eigenvalue weighted by Gasteiger charge is -2.09. The van der Waals surface area contributed by atoms with Gasteiger partial charge in [0.25, 0.3) is 0 Å². The summed E-state index contributed by atoms with van der Waals surface area (Å²) in [5, 5.41) is 18.3. The first-order valence-electron chi connectivity index (χ1n) is 9.91. The third-order valence-corrected chi connectivity index (χ3v) is 6.15. The maximum absolute atomic E-state index is 10.9. The molecule has 1 N–H and O–H groups in total. The maximum atomic E-state index is 10.9. The van der Waals surface area contributed by atoms with E-state index in [2.05, 4.69) is 29.0 Å². The van der Waals surface area contributed by atoms with Gasteiger partial charge in [0, 0.05) is 34.7 Å². The number of hydrogen-bond acceptors (Lipinski definition) is 7. The van der Waals surface area contributed by atoms with E-state index < -0.39 is 5.97 Å². The van der Waals surface area contributed by atoms with E-state index in [9.17, 15) is 4.79 Å². The molecule has 1 aliphatic rings. The normalized spacial score (nSPS) is 12.9. The van der Waals surface area contributed by atoms with Gasteiger partial charge in [0.1, 0.15) is 18.6 Å². The zero-order valence-electron chi connectivity index (χ0n) is 17.0. The highest BCUT2D eigenvalue weighted by atomic mass is 32.1. The van der Waals surface area contributed by atoms with Crippen LogP contribution in [0.2, 0.25) is 0 Å². The van der Waals surface area contributed by atoms with Gasteiger partial charge in [-0.2, -0.15) is 10.2 Å². The predicted octanol–water partition coefficient (Wildman–Crippen LogP) is 3.53. The molecule has 4 heterocycles. The van der Waals surface area contributed by atoms with Gasteiger partial charge in [0.2, 0.25) is 0 Å². The average Bonchev–Trinajstić information content (AvgIpc) is 3.45. The number of carboxylic acid groups (broad SMARTS) is 1. The zero-order chi connectivity index (χ0) is 21.5. The summed E-state index contributed by atoms with van der Waals surface area (Å²) >= 11 is 1.63. The third kappa shape index (κ3) is 3.59. The van der Waals surface area contributed by atoms with Crippen LogP contribution in [0.1, 0.15) is 24.8 Å². The molecule has 4 aromatic rings. The molecule has 0 bridgehead atoms. The summed E-state index contributed by atoms with van der Waals surface area (Å²) in [5.74, 6) is 0.600. The number of benzene rings is 1. The highest BCUT2D eigenvalue weighted by Gasteiger charge is 2.24. The van der Waals surface area contributed by atoms with E-state index >= 15 is 0 Å². The fourth-order valence-electron chi connectivity index (χ4n) is 3.62. The molecule has 9 nitrogen and oxygen atoms in total. The van der Waals surface area contributed by atoms with Crippen molar-refractivity contribution in [2.45, 2.75) is 32.9 Å². The van der Waals surface area contributed by atoms with E-state index in [0.717, 1.165) is 50.3 Å². The van der Waals surface area contributed by atoms with Crippen molar-refractivity contribution in [3.63, 3.8) is 0 Å². The minimum absolute atomic E-state index is 0.173. The third-order valence-electron chi connectivity index (χ3n) is 5.04. The molecule has 0 unspecified atom stereocenters. The Kier molecular flexibility index (Phi) is 4.78. The van der Waals surface area contributed by atoms with Gasteiger partial charge < -0.3 is 9.84 Å². The monoisotopic (exact) mass is 436 g/mol. The van der Waals surface area contributed by atoms with E-state index in [1.165, 1.54) is 4.68 Å². The molecule has 158 valence electrons. The van der Waals surface area contributed by atoms with Gasteiger partial charge in [-0.25, -0.2) is 14.6 Å². The van der Waals surface area contributed by atoms with E-state index in [1.54, 1.807) is 30.1 Å². The van der Waals surface area contributed by atoms with Crippen LogP contribution in [0.15, 0.2) is 36.9 Å². The van der Waals surface area contributed by atoms with Crippen LogP contribution in [0.3, 0.4) is 0 Å². The number of fused-ring (bicyclic) bond motifs is 3. The van der Waals surface area contributed by atoms with Crippen LogP contribution in [-0.2, 0) is 17.8 Å². The Morgan fingerprint density at radius 3 is 2.97 bits per heavy atom. The molecule has 0 aliphatic carbocycles. The van der Waals surface area contributed by atoms with Crippen molar-refractivity contribution in [1.29, 1.82) is 0 Å². The summed E-state index contributed by atoms with van der Waals surface area (Å²) in [6.07, 6.45) is 5.71. The molecule has 0 fully saturated rings. The Morgan fingerprint density at radius 1 is 1.29 bits per heavy atom. The Morgan fingerprint density at radius 2 is 2.16 bits per heavy atom. The zero-order valence-corrected chi connectivity index (χ0v) is 17.8. The summed E-state index contributed by atoms with van der Waals surface area (Å²) in [6, 6.07) is 6.14. The fourth-order valence-corrected chi connectivity index (χ4v) is 4.66. The van der Waals surface area contributed by atoms with E-state index in [-0.39, 0.29) is 12.6 Å². The van der Waals surface area contributed by atoms with Crippen LogP contribution in [0.25, 0.3) is 33.2 Å². The molecular weight excluding hydrogens is 416 g/mol. The first kappa shape index (κ1) is 19.4. The van der Waals surface area contributed by atoms with E-state index in [0.29, 0.717) is 6.61 Å². The van der Waals surface area contributed by atoms with E-state index in [1.807, 2.05) is 22.9 Å². The molecule has 10 heteroatoms. The average molecular weight is 436 g/mol. The summed E-state index contributed by atoms with van der Waals surface area (Å²) in [7, 11) is 0. The number of aromatic nitrogens is 6. The first-order valence-corrected chi connectivity index (χ1v) is 10.7. The largest absolute Gasteiger partial charge is 0.492 e. The maximum Gasteiger partial charge on any atom is 0.325 e. The molecule has 0 atom stereocenters. The topological polar surface area (TPSA) is 108 Å². The number of ether oxygens (including phenoxy) is 1. The van der Waals surface area contributed by atoms with Crippen LogP contribution in [0.5, 0.6) is 5.75 Å². The van der Waals surface area contributed by atoms with Crippen molar-refractivity contribution in [2.24, 2.45) is 0 Å². The summed E-state index contributed by atoms with van der Waals surface area (Å²) in [6.45, 7) is 4.52. The number of hydrogen-bond donors (Lipinski definition) is 1. The first-order chi connectivity index (χ1) is 15.0. The quantitative estimate of drug-likeness (QED) is 0.510. The molecule has 0 spiro atoms. The van der Waals surface area contributed by atoms with Crippen LogP contribution in [-0.4, -0.2) is 47.2 Å². The molecule has 0 radical (unpaired) electrons. The second kappa shape index (κ2) is 7.62. The summed E-state index contributed by atoms with van der Waals surface area (Å²) in [5.41, 5.74) is 3.60. The molecule has 5 rings (SSSR count). The van der Waals surface area contributed by atoms with Gasteiger partial charge >= 0.3 is 5.97 Å². The lowest BCUT2D eigenvalue weighted by molar-refractivity contribution is -0.137. The van der Waals surface area contributed by atoms with E-state index in [4.69, 9.17) is 14.8 Å². The number of aliphatic carboxylic acids is 1. The fraction of sp³-hybridized carbons (Fsp3) is 0.286. The van der Waals surface area contributed by atoms with Crippen molar-refractivity contribution in [3.05, 3.63) is 41.8 Å². The SMILES string of the molecule is CC(C)n1ncnc1-c1nc2c(s1)CCOc1cc(-c3cnn(CC(=O)O)c3)ccc1-2. The van der Waals surface area contributed by atoms with Gasteiger partial charge in [0.15, 0.2) is 10.8 Å². The lowest BCUT2D eigenvalue weighted by Crippen LogP contribution is -2.08. The molecule has 1 aromatic carbocycles. The highest BCUT2D eigenvalue weighted by molar-refractivity contribution is 7.15. The Hall–Kier alpha value is -3.53. The molecule has 3 aromatic heterocycles. The van der Waals surface area contributed by atoms with Crippen molar-refractivity contribution in [2.75, 3.05) is 6.61 Å². The Labute approximate surface area is 182 Å². The lowest BCUT2D eigenvalue weighted by atomic mass is 10.0. The minimum atomic E-state index is -0.930. The highest BCUT2D eigenvalue weighted by Crippen LogP contribution is 2.41. The molecular formula is C21H20N6O3S. The Bertz CT molecular complexity index is 1270. The molecule has 0 saturated heterocycles. The summed E-state index contributed by atoms with van der Waals surface area (Å²) < 4.78 is 9.31. The minimum Gasteiger partial charge on any atom is -0.492 e. The second-order valence-corrected chi connectivity index (χ2v) is 8.63. The van der Waals surface area contributed by atoms with Crippen molar-refractivity contribution in [3.8, 4) is 39.0 Å². The number of rotatable bonds is 5. The van der Waals surface area contributed by atoms with Crippen molar-refractivity contribution < 1.29 is 14.6 Å². The smallest absolute Gasteiger partial charge is 0.325 e. The molecule has 0 amide bonds. The molecule has 31 heavy (non-hydrogen) atoms. The van der Waals surface area contributed by atoms with Crippen molar-refractivity contribution in [1.82, 2.24) is 29.5 Å². The van der Waals surface area contributed by atoms with Crippen LogP contribution < -0.4 is 4.74 Å². The number of carbonyl (C=O) groups is 1. The van der Waals surface area contributed by atoms with Crippen LogP contribution >= 0.6 is 11.3 Å². The standard InChI is InChI=1S/C21H20N6O3S/c1-12(2)27-20(22-11-24-27)21-25-19-15-4-3-13(7-16(15)30-6-5-17(19)31-21)14-8-23-26(9-14)10-18(28)29/h3-4,7-9,11-12H,5-6,10H2,1-2H3,(H,28,29). The predicted molar refractivity (Wildman–Crippen MR) is 115 cm³/mol. The number of carboxylic acids is 1. The Balaban J connectivity index is 1.52. The molecule has 0 saturated carbocycles. The second-order valence-electron chi connectivity index (χ2n) is 7.54. The van der Waals surface area contributed by atoms with Gasteiger partial charge in [-0.3, -0.25) is 9.48 Å². The van der Waals surface area contributed by atoms with Crippen LogP contribution in [0.4, 0.5) is 0 Å². The molecule has 1 aliphatic heterocycles. The number of thiazole rings is 1.